The molecule has 84 valence electrons. The third-order valence-electron chi connectivity index (χ3n) is 1.75. The van der Waals surface area contributed by atoms with Crippen molar-refractivity contribution >= 4 is 17.8 Å². The first-order valence-corrected chi connectivity index (χ1v) is 4.03. The molecule has 0 spiro atoms. The van der Waals surface area contributed by atoms with E-state index in [4.69, 9.17) is 0 Å². The smallest absolute Gasteiger partial charge is 0.346 e. The van der Waals surface area contributed by atoms with Gasteiger partial charge >= 0.3 is 11.4 Å². The second kappa shape index (κ2) is 4.82. The summed E-state index contributed by atoms with van der Waals surface area (Å²) >= 11 is 0. The Morgan fingerprint density at radius 2 is 1.81 bits per heavy atom. The summed E-state index contributed by atoms with van der Waals surface area (Å²) in [4.78, 5) is 29.2. The van der Waals surface area contributed by atoms with Gasteiger partial charge in [0, 0.05) is 12.1 Å². The molecule has 8 nitrogen and oxygen atoms in total. The fourth-order valence-electron chi connectivity index (χ4n) is 1.09. The molecule has 1 aromatic rings. The third kappa shape index (κ3) is 2.50. The van der Waals surface area contributed by atoms with Crippen molar-refractivity contribution in [1.82, 2.24) is 0 Å². The Morgan fingerprint density at radius 1 is 1.19 bits per heavy atom. The number of nitro groups is 2. The normalized spacial score (nSPS) is 9.50. The molecular weight excluding hydrogens is 220 g/mol. The molecule has 0 aliphatic carbocycles. The van der Waals surface area contributed by atoms with Gasteiger partial charge in [0.2, 0.25) is 0 Å². The van der Waals surface area contributed by atoms with Crippen molar-refractivity contribution in [3.63, 3.8) is 0 Å². The van der Waals surface area contributed by atoms with Gasteiger partial charge in [-0.15, -0.1) is 0 Å². The maximum atomic E-state index is 10.5. The van der Waals surface area contributed by atoms with Crippen LogP contribution in [-0.2, 0) is 16.1 Å². The van der Waals surface area contributed by atoms with E-state index >= 15 is 0 Å². The molecule has 0 aliphatic heterocycles. The van der Waals surface area contributed by atoms with Crippen LogP contribution in [0.2, 0.25) is 0 Å². The summed E-state index contributed by atoms with van der Waals surface area (Å²) in [6.45, 7) is 0.0234. The number of ether oxygens (including phenoxy) is 1. The number of hydrogen-bond acceptors (Lipinski definition) is 6. The summed E-state index contributed by atoms with van der Waals surface area (Å²) in [5.74, 6) is 0. The molecule has 0 radical (unpaired) electrons. The van der Waals surface area contributed by atoms with Crippen LogP contribution in [0.25, 0.3) is 0 Å². The molecule has 0 amide bonds. The minimum Gasteiger partial charge on any atom is -0.463 e. The molecule has 0 N–H and O–H groups in total. The van der Waals surface area contributed by atoms with Gasteiger partial charge in [0.15, 0.2) is 0 Å². The van der Waals surface area contributed by atoms with Gasteiger partial charge in [-0.25, -0.2) is 0 Å². The molecule has 0 unspecified atom stereocenters. The Hall–Kier alpha value is -2.51. The van der Waals surface area contributed by atoms with Crippen LogP contribution >= 0.6 is 0 Å². The number of carbonyl (C=O) groups excluding carboxylic acids is 1. The van der Waals surface area contributed by atoms with Gasteiger partial charge in [-0.05, 0) is 11.6 Å². The van der Waals surface area contributed by atoms with Gasteiger partial charge in [0.1, 0.15) is 6.61 Å². The number of rotatable bonds is 5. The van der Waals surface area contributed by atoms with Crippen LogP contribution in [0.15, 0.2) is 18.2 Å². The van der Waals surface area contributed by atoms with E-state index in [0.29, 0.717) is 5.56 Å². The zero-order valence-corrected chi connectivity index (χ0v) is 7.86. The zero-order valence-electron chi connectivity index (χ0n) is 7.86. The van der Waals surface area contributed by atoms with Crippen LogP contribution in [0.1, 0.15) is 5.56 Å². The maximum Gasteiger partial charge on any atom is 0.346 e. The Morgan fingerprint density at radius 3 is 2.31 bits per heavy atom. The highest BCUT2D eigenvalue weighted by Crippen LogP contribution is 2.27. The molecule has 0 saturated carbocycles. The van der Waals surface area contributed by atoms with E-state index in [2.05, 4.69) is 4.74 Å². The van der Waals surface area contributed by atoms with Gasteiger partial charge < -0.3 is 4.74 Å². The standard InChI is InChI=1S/C8H6N2O6/c11-5-16-4-6-1-2-7(9(12)13)8(3-6)10(14)15/h1-3,5H,4H2. The second-order valence-corrected chi connectivity index (χ2v) is 2.74. The molecule has 0 aliphatic rings. The highest BCUT2D eigenvalue weighted by molar-refractivity contribution is 5.54. The Balaban J connectivity index is 3.12. The first kappa shape index (κ1) is 11.6. The van der Waals surface area contributed by atoms with E-state index in [-0.39, 0.29) is 13.1 Å². The molecule has 0 saturated heterocycles. The predicted molar refractivity (Wildman–Crippen MR) is 50.6 cm³/mol. The molecule has 0 aromatic heterocycles. The summed E-state index contributed by atoms with van der Waals surface area (Å²) in [5, 5.41) is 21.0. The molecule has 0 bridgehead atoms. The monoisotopic (exact) mass is 226 g/mol. The van der Waals surface area contributed by atoms with Crippen molar-refractivity contribution < 1.29 is 19.4 Å². The Labute approximate surface area is 88.7 Å². The number of nitro benzene ring substituents is 2. The van der Waals surface area contributed by atoms with Gasteiger partial charge in [-0.3, -0.25) is 25.0 Å². The fourth-order valence-corrected chi connectivity index (χ4v) is 1.09. The highest BCUT2D eigenvalue weighted by atomic mass is 16.6. The Bertz CT molecular complexity index is 444. The minimum atomic E-state index is -0.859. The zero-order chi connectivity index (χ0) is 12.1. The first-order valence-electron chi connectivity index (χ1n) is 4.03. The summed E-state index contributed by atoms with van der Waals surface area (Å²) in [5.41, 5.74) is -0.916. The van der Waals surface area contributed by atoms with Gasteiger partial charge in [-0.1, -0.05) is 0 Å². The molecule has 16 heavy (non-hydrogen) atoms. The van der Waals surface area contributed by atoms with Crippen molar-refractivity contribution in [2.45, 2.75) is 6.61 Å². The lowest BCUT2D eigenvalue weighted by Gasteiger charge is -1.99. The lowest BCUT2D eigenvalue weighted by Crippen LogP contribution is -1.98. The highest BCUT2D eigenvalue weighted by Gasteiger charge is 2.23. The molecule has 8 heteroatoms. The van der Waals surface area contributed by atoms with Crippen LogP contribution < -0.4 is 0 Å². The van der Waals surface area contributed by atoms with Crippen LogP contribution in [0.3, 0.4) is 0 Å². The lowest BCUT2D eigenvalue weighted by atomic mass is 10.2. The molecular formula is C8H6N2O6. The maximum absolute atomic E-state index is 10.5. The van der Waals surface area contributed by atoms with Gasteiger partial charge in [0.05, 0.1) is 9.85 Å². The van der Waals surface area contributed by atoms with E-state index in [1.807, 2.05) is 0 Å². The van der Waals surface area contributed by atoms with Crippen molar-refractivity contribution in [3.8, 4) is 0 Å². The molecule has 0 atom stereocenters. The topological polar surface area (TPSA) is 113 Å². The van der Waals surface area contributed by atoms with Crippen molar-refractivity contribution in [2.75, 3.05) is 0 Å². The van der Waals surface area contributed by atoms with Gasteiger partial charge in [0.25, 0.3) is 6.47 Å². The SMILES string of the molecule is O=COCc1ccc([N+](=O)[O-])c([N+](=O)[O-])c1. The van der Waals surface area contributed by atoms with Crippen LogP contribution in [0.4, 0.5) is 11.4 Å². The molecule has 0 heterocycles. The number of carbonyl (C=O) groups is 1. The summed E-state index contributed by atoms with van der Waals surface area (Å²) in [6.07, 6.45) is 0. The van der Waals surface area contributed by atoms with E-state index in [0.717, 1.165) is 12.1 Å². The van der Waals surface area contributed by atoms with Crippen LogP contribution in [0.5, 0.6) is 0 Å². The minimum absolute atomic E-state index is 0.164. The van der Waals surface area contributed by atoms with Crippen LogP contribution in [0, 0.1) is 20.2 Å². The number of hydrogen-bond donors (Lipinski definition) is 0. The summed E-state index contributed by atoms with van der Waals surface area (Å²) in [7, 11) is 0. The first-order chi connectivity index (χ1) is 7.56. The lowest BCUT2D eigenvalue weighted by molar-refractivity contribution is -0.422. The fraction of sp³-hybridized carbons (Fsp3) is 0.125. The van der Waals surface area contributed by atoms with Gasteiger partial charge in [-0.2, -0.15) is 0 Å². The largest absolute Gasteiger partial charge is 0.463 e. The summed E-state index contributed by atoms with van der Waals surface area (Å²) < 4.78 is 4.38. The molecule has 0 fully saturated rings. The van der Waals surface area contributed by atoms with E-state index in [1.54, 1.807) is 0 Å². The average Bonchev–Trinajstić information content (AvgIpc) is 2.25. The van der Waals surface area contributed by atoms with E-state index < -0.39 is 21.2 Å². The summed E-state index contributed by atoms with van der Waals surface area (Å²) in [6, 6.07) is 3.29. The Kier molecular flexibility index (Phi) is 3.49. The molecule has 1 aromatic carbocycles. The number of nitrogens with zero attached hydrogens (tertiary/aromatic N) is 2. The van der Waals surface area contributed by atoms with E-state index in [1.165, 1.54) is 6.07 Å². The molecule has 1 rings (SSSR count). The van der Waals surface area contributed by atoms with E-state index in [9.17, 15) is 25.0 Å². The second-order valence-electron chi connectivity index (χ2n) is 2.74. The predicted octanol–water partition coefficient (Wildman–Crippen LogP) is 1.18. The van der Waals surface area contributed by atoms with Crippen molar-refractivity contribution in [1.29, 1.82) is 0 Å². The van der Waals surface area contributed by atoms with Crippen molar-refractivity contribution in [3.05, 3.63) is 44.0 Å². The van der Waals surface area contributed by atoms with Crippen LogP contribution in [-0.4, -0.2) is 16.3 Å². The number of benzene rings is 1. The third-order valence-corrected chi connectivity index (χ3v) is 1.75. The average molecular weight is 226 g/mol. The van der Waals surface area contributed by atoms with Crippen molar-refractivity contribution in [2.24, 2.45) is 0 Å². The quantitative estimate of drug-likeness (QED) is 0.423.